The molecule has 1 aliphatic carbocycles. The summed E-state index contributed by atoms with van der Waals surface area (Å²) in [5.41, 5.74) is 8.15. The normalized spacial score (nSPS) is 26.1. The Labute approximate surface area is 112 Å². The zero-order chi connectivity index (χ0) is 12.5. The van der Waals surface area contributed by atoms with Gasteiger partial charge in [-0.25, -0.2) is 0 Å². The zero-order valence-corrected chi connectivity index (χ0v) is 11.1. The maximum atomic E-state index is 6.12. The van der Waals surface area contributed by atoms with Crippen molar-refractivity contribution in [3.8, 4) is 5.75 Å². The predicted molar refractivity (Wildman–Crippen MR) is 71.1 cm³/mol. The fraction of sp³-hybridized carbons (Fsp3) is 0.571. The molecule has 2 unspecified atom stereocenters. The fourth-order valence-corrected chi connectivity index (χ4v) is 3.05. The van der Waals surface area contributed by atoms with E-state index in [4.69, 9.17) is 26.8 Å². The van der Waals surface area contributed by atoms with Gasteiger partial charge in [0.2, 0.25) is 0 Å². The monoisotopic (exact) mass is 267 g/mol. The molecule has 0 radical (unpaired) electrons. The maximum absolute atomic E-state index is 6.12. The second kappa shape index (κ2) is 5.08. The lowest BCUT2D eigenvalue weighted by molar-refractivity contribution is 0.0437. The van der Waals surface area contributed by atoms with Crippen LogP contribution in [0.3, 0.4) is 0 Å². The summed E-state index contributed by atoms with van der Waals surface area (Å²) in [6.45, 7) is 1.32. The van der Waals surface area contributed by atoms with E-state index in [0.717, 1.165) is 48.6 Å². The summed E-state index contributed by atoms with van der Waals surface area (Å²) in [5.74, 6) is 0.974. The first-order valence-electron chi connectivity index (χ1n) is 6.53. The van der Waals surface area contributed by atoms with Gasteiger partial charge in [0, 0.05) is 23.0 Å². The number of fused-ring (bicyclic) bond motifs is 1. The molecular weight excluding hydrogens is 250 g/mol. The molecule has 0 aromatic heterocycles. The smallest absolute Gasteiger partial charge is 0.128 e. The summed E-state index contributed by atoms with van der Waals surface area (Å²) in [4.78, 5) is 0. The van der Waals surface area contributed by atoms with E-state index in [9.17, 15) is 0 Å². The molecule has 1 fully saturated rings. The Morgan fingerprint density at radius 3 is 3.06 bits per heavy atom. The molecule has 1 aromatic rings. The van der Waals surface area contributed by atoms with Gasteiger partial charge < -0.3 is 15.2 Å². The van der Waals surface area contributed by atoms with Gasteiger partial charge in [-0.2, -0.15) is 0 Å². The Kier molecular flexibility index (Phi) is 3.46. The predicted octanol–water partition coefficient (Wildman–Crippen LogP) is 2.67. The quantitative estimate of drug-likeness (QED) is 0.916. The largest absolute Gasteiger partial charge is 0.493 e. The van der Waals surface area contributed by atoms with E-state index in [2.05, 4.69) is 0 Å². The van der Waals surface area contributed by atoms with Gasteiger partial charge in [-0.15, -0.1) is 0 Å². The second-order valence-electron chi connectivity index (χ2n) is 5.16. The van der Waals surface area contributed by atoms with E-state index in [1.165, 1.54) is 5.56 Å². The Morgan fingerprint density at radius 1 is 1.39 bits per heavy atom. The molecule has 0 spiro atoms. The Bertz CT molecular complexity index is 450. The number of rotatable bonds is 3. The minimum atomic E-state index is 0.288. The highest BCUT2D eigenvalue weighted by Gasteiger charge is 2.23. The van der Waals surface area contributed by atoms with Crippen molar-refractivity contribution in [2.24, 2.45) is 5.73 Å². The van der Waals surface area contributed by atoms with Crippen molar-refractivity contribution in [3.05, 3.63) is 28.3 Å². The summed E-state index contributed by atoms with van der Waals surface area (Å²) >= 11 is 6.12. The van der Waals surface area contributed by atoms with Gasteiger partial charge in [0.05, 0.1) is 19.3 Å². The topological polar surface area (TPSA) is 44.5 Å². The van der Waals surface area contributed by atoms with Crippen molar-refractivity contribution in [3.63, 3.8) is 0 Å². The summed E-state index contributed by atoms with van der Waals surface area (Å²) < 4.78 is 11.6. The standard InChI is InChI=1S/C14H18ClNO2/c15-11-5-9-3-4-17-14(9)10(6-11)8-18-13-2-1-12(16)7-13/h5-6,12-13H,1-4,7-8,16H2. The van der Waals surface area contributed by atoms with Crippen molar-refractivity contribution in [1.82, 2.24) is 0 Å². The molecule has 2 atom stereocenters. The average Bonchev–Trinajstić information content (AvgIpc) is 2.94. The van der Waals surface area contributed by atoms with Crippen molar-refractivity contribution in [2.75, 3.05) is 6.61 Å². The minimum absolute atomic E-state index is 0.288. The third-order valence-electron chi connectivity index (χ3n) is 3.72. The SMILES string of the molecule is NC1CCC(OCc2cc(Cl)cc3c2OCC3)C1. The molecule has 2 aliphatic rings. The molecule has 3 rings (SSSR count). The van der Waals surface area contributed by atoms with Crippen LogP contribution in [-0.4, -0.2) is 18.8 Å². The Morgan fingerprint density at radius 2 is 2.28 bits per heavy atom. The fourth-order valence-electron chi connectivity index (χ4n) is 2.79. The molecule has 1 saturated carbocycles. The molecule has 3 nitrogen and oxygen atoms in total. The van der Waals surface area contributed by atoms with Crippen LogP contribution in [-0.2, 0) is 17.8 Å². The van der Waals surface area contributed by atoms with Crippen LogP contribution in [0, 0.1) is 0 Å². The Balaban J connectivity index is 1.69. The summed E-state index contributed by atoms with van der Waals surface area (Å²) in [5, 5.41) is 0.765. The van der Waals surface area contributed by atoms with Crippen molar-refractivity contribution in [1.29, 1.82) is 0 Å². The van der Waals surface area contributed by atoms with Crippen molar-refractivity contribution >= 4 is 11.6 Å². The van der Waals surface area contributed by atoms with Crippen LogP contribution in [0.15, 0.2) is 12.1 Å². The van der Waals surface area contributed by atoms with Gasteiger partial charge in [0.1, 0.15) is 5.75 Å². The third kappa shape index (κ3) is 2.48. The van der Waals surface area contributed by atoms with E-state index in [-0.39, 0.29) is 6.10 Å². The second-order valence-corrected chi connectivity index (χ2v) is 5.59. The highest BCUT2D eigenvalue weighted by molar-refractivity contribution is 6.30. The first-order valence-corrected chi connectivity index (χ1v) is 6.91. The van der Waals surface area contributed by atoms with Crippen LogP contribution in [0.2, 0.25) is 5.02 Å². The van der Waals surface area contributed by atoms with Gasteiger partial charge >= 0.3 is 0 Å². The van der Waals surface area contributed by atoms with Crippen LogP contribution >= 0.6 is 11.6 Å². The number of ether oxygens (including phenoxy) is 2. The van der Waals surface area contributed by atoms with E-state index in [1.54, 1.807) is 0 Å². The first kappa shape index (κ1) is 12.3. The number of hydrogen-bond donors (Lipinski definition) is 1. The van der Waals surface area contributed by atoms with Gasteiger partial charge in [0.25, 0.3) is 0 Å². The van der Waals surface area contributed by atoms with Gasteiger partial charge in [0.15, 0.2) is 0 Å². The van der Waals surface area contributed by atoms with E-state index in [0.29, 0.717) is 12.6 Å². The van der Waals surface area contributed by atoms with E-state index in [1.807, 2.05) is 12.1 Å². The van der Waals surface area contributed by atoms with E-state index >= 15 is 0 Å². The highest BCUT2D eigenvalue weighted by atomic mass is 35.5. The zero-order valence-electron chi connectivity index (χ0n) is 10.3. The van der Waals surface area contributed by atoms with Crippen LogP contribution in [0.4, 0.5) is 0 Å². The molecule has 98 valence electrons. The van der Waals surface area contributed by atoms with Crippen molar-refractivity contribution < 1.29 is 9.47 Å². The van der Waals surface area contributed by atoms with Gasteiger partial charge in [-0.05, 0) is 37.0 Å². The first-order chi connectivity index (χ1) is 8.72. The van der Waals surface area contributed by atoms with Crippen molar-refractivity contribution in [2.45, 2.75) is 44.4 Å². The van der Waals surface area contributed by atoms with Crippen LogP contribution < -0.4 is 10.5 Å². The molecule has 18 heavy (non-hydrogen) atoms. The van der Waals surface area contributed by atoms with Gasteiger partial charge in [-0.3, -0.25) is 0 Å². The summed E-state index contributed by atoms with van der Waals surface area (Å²) in [6, 6.07) is 4.23. The Hall–Kier alpha value is -0.770. The number of hydrogen-bond acceptors (Lipinski definition) is 3. The third-order valence-corrected chi connectivity index (χ3v) is 3.94. The molecule has 0 amide bonds. The molecule has 0 saturated heterocycles. The number of benzene rings is 1. The summed E-state index contributed by atoms with van der Waals surface area (Å²) in [7, 11) is 0. The molecule has 0 bridgehead atoms. The highest BCUT2D eigenvalue weighted by Crippen LogP contribution is 2.34. The molecular formula is C14H18ClNO2. The van der Waals surface area contributed by atoms with Crippen LogP contribution in [0.5, 0.6) is 5.75 Å². The molecule has 1 aliphatic heterocycles. The van der Waals surface area contributed by atoms with Gasteiger partial charge in [-0.1, -0.05) is 11.6 Å². The number of halogens is 1. The minimum Gasteiger partial charge on any atom is -0.493 e. The molecule has 4 heteroatoms. The average molecular weight is 268 g/mol. The maximum Gasteiger partial charge on any atom is 0.128 e. The summed E-state index contributed by atoms with van der Waals surface area (Å²) in [6.07, 6.45) is 4.32. The molecule has 1 aromatic carbocycles. The van der Waals surface area contributed by atoms with Crippen LogP contribution in [0.25, 0.3) is 0 Å². The molecule has 2 N–H and O–H groups in total. The number of nitrogens with two attached hydrogens (primary N) is 1. The molecule has 1 heterocycles. The lowest BCUT2D eigenvalue weighted by Gasteiger charge is -2.14. The lowest BCUT2D eigenvalue weighted by atomic mass is 10.1. The lowest BCUT2D eigenvalue weighted by Crippen LogP contribution is -2.17. The van der Waals surface area contributed by atoms with E-state index < -0.39 is 0 Å². The van der Waals surface area contributed by atoms with Crippen LogP contribution in [0.1, 0.15) is 30.4 Å².